The lowest BCUT2D eigenvalue weighted by molar-refractivity contribution is 0.0934. The van der Waals surface area contributed by atoms with Crippen molar-refractivity contribution in [1.29, 1.82) is 0 Å². The molecule has 11 heteroatoms. The van der Waals surface area contributed by atoms with Crippen molar-refractivity contribution in [1.82, 2.24) is 24.3 Å². The van der Waals surface area contributed by atoms with Gasteiger partial charge in [0, 0.05) is 39.3 Å². The first-order valence-corrected chi connectivity index (χ1v) is 10.2. The Morgan fingerprint density at radius 3 is 2.58 bits per heavy atom. The molecule has 1 saturated heterocycles. The fraction of sp³-hybridized carbons (Fsp3) is 0.733. The van der Waals surface area contributed by atoms with Crippen LogP contribution in [0.1, 0.15) is 24.3 Å². The van der Waals surface area contributed by atoms with E-state index >= 15 is 0 Å². The first-order chi connectivity index (χ1) is 12.3. The van der Waals surface area contributed by atoms with Gasteiger partial charge in [0.15, 0.2) is 5.69 Å². The molecule has 0 saturated carbocycles. The summed E-state index contributed by atoms with van der Waals surface area (Å²) < 4.78 is 46.3. The predicted molar refractivity (Wildman–Crippen MR) is 92.1 cm³/mol. The molecule has 1 amide bonds. The number of hydrogen-bond donors (Lipinski definition) is 1. The number of ether oxygens (including phenoxy) is 1. The number of fused-ring (bicyclic) bond motifs is 1. The minimum atomic E-state index is -3.22. The number of nitrogens with one attached hydrogen (secondary N) is 1. The van der Waals surface area contributed by atoms with Gasteiger partial charge in [-0.2, -0.15) is 13.8 Å². The van der Waals surface area contributed by atoms with Crippen LogP contribution < -0.4 is 10.1 Å². The third-order valence-corrected chi connectivity index (χ3v) is 6.88. The molecule has 1 aromatic rings. The van der Waals surface area contributed by atoms with Gasteiger partial charge in [-0.15, -0.1) is 0 Å². The second-order valence-electron chi connectivity index (χ2n) is 6.63. The molecule has 0 aromatic carbocycles. The topological polar surface area (TPSA) is 96.8 Å². The van der Waals surface area contributed by atoms with E-state index in [0.29, 0.717) is 52.4 Å². The summed E-state index contributed by atoms with van der Waals surface area (Å²) in [6.07, 6.45) is 0. The van der Waals surface area contributed by atoms with Crippen LogP contribution in [0.2, 0.25) is 0 Å². The van der Waals surface area contributed by atoms with E-state index in [2.05, 4.69) is 15.3 Å². The molecule has 1 aromatic heterocycles. The SMILES string of the molecule is CC(C)S(=O)(=O)N1CCN(CCNC(=O)c2nn3c(c2F)OCC3)CC1. The molecule has 26 heavy (non-hydrogen) atoms. The Morgan fingerprint density at radius 2 is 1.96 bits per heavy atom. The van der Waals surface area contributed by atoms with Gasteiger partial charge in [0.1, 0.15) is 6.61 Å². The summed E-state index contributed by atoms with van der Waals surface area (Å²) in [6.45, 7) is 7.11. The molecule has 1 N–H and O–H groups in total. The molecule has 0 aliphatic carbocycles. The van der Waals surface area contributed by atoms with Crippen LogP contribution in [0.5, 0.6) is 5.88 Å². The molecule has 0 unspecified atom stereocenters. The van der Waals surface area contributed by atoms with Gasteiger partial charge in [-0.05, 0) is 13.8 Å². The largest absolute Gasteiger partial charge is 0.474 e. The van der Waals surface area contributed by atoms with Crippen molar-refractivity contribution in [3.63, 3.8) is 0 Å². The molecule has 3 rings (SSSR count). The lowest BCUT2D eigenvalue weighted by atomic mass is 10.3. The van der Waals surface area contributed by atoms with Crippen LogP contribution in [-0.2, 0) is 16.6 Å². The molecular formula is C15H24FN5O4S. The van der Waals surface area contributed by atoms with Crippen molar-refractivity contribution in [2.45, 2.75) is 25.6 Å². The van der Waals surface area contributed by atoms with Crippen LogP contribution in [0.3, 0.4) is 0 Å². The third-order valence-electron chi connectivity index (χ3n) is 4.61. The van der Waals surface area contributed by atoms with Gasteiger partial charge in [0.05, 0.1) is 11.8 Å². The number of amides is 1. The van der Waals surface area contributed by atoms with Crippen molar-refractivity contribution in [3.8, 4) is 5.88 Å². The lowest BCUT2D eigenvalue weighted by Gasteiger charge is -2.34. The Labute approximate surface area is 152 Å². The van der Waals surface area contributed by atoms with Crippen molar-refractivity contribution in [3.05, 3.63) is 11.5 Å². The van der Waals surface area contributed by atoms with E-state index in [-0.39, 0.29) is 11.6 Å². The zero-order valence-electron chi connectivity index (χ0n) is 14.9. The summed E-state index contributed by atoms with van der Waals surface area (Å²) in [5.41, 5.74) is -0.257. The molecule has 0 spiro atoms. The molecular weight excluding hydrogens is 365 g/mol. The van der Waals surface area contributed by atoms with Crippen molar-refractivity contribution >= 4 is 15.9 Å². The molecule has 1 fully saturated rings. The molecule has 146 valence electrons. The predicted octanol–water partition coefficient (Wildman–Crippen LogP) is -0.500. The van der Waals surface area contributed by atoms with Crippen LogP contribution in [-0.4, -0.2) is 84.4 Å². The van der Waals surface area contributed by atoms with Crippen LogP contribution in [0, 0.1) is 5.82 Å². The highest BCUT2D eigenvalue weighted by Crippen LogP contribution is 2.24. The van der Waals surface area contributed by atoms with Crippen LogP contribution in [0.15, 0.2) is 0 Å². The smallest absolute Gasteiger partial charge is 0.275 e. The number of sulfonamides is 1. The number of rotatable bonds is 6. The Kier molecular flexibility index (Phi) is 5.49. The monoisotopic (exact) mass is 389 g/mol. The maximum absolute atomic E-state index is 14.0. The van der Waals surface area contributed by atoms with Crippen molar-refractivity contribution in [2.75, 3.05) is 45.9 Å². The number of carbonyl (C=O) groups excluding carboxylic acids is 1. The Hall–Kier alpha value is -1.72. The van der Waals surface area contributed by atoms with E-state index in [4.69, 9.17) is 4.74 Å². The van der Waals surface area contributed by atoms with Gasteiger partial charge in [-0.1, -0.05) is 0 Å². The second-order valence-corrected chi connectivity index (χ2v) is 9.12. The number of hydrogen-bond acceptors (Lipinski definition) is 6. The minimum absolute atomic E-state index is 0.0117. The Bertz CT molecular complexity index is 771. The van der Waals surface area contributed by atoms with E-state index < -0.39 is 27.0 Å². The Balaban J connectivity index is 1.44. The van der Waals surface area contributed by atoms with Crippen LogP contribution in [0.4, 0.5) is 4.39 Å². The first kappa shape index (κ1) is 19.1. The zero-order chi connectivity index (χ0) is 18.9. The summed E-state index contributed by atoms with van der Waals surface area (Å²) in [5, 5.41) is 6.15. The normalized spacial score (nSPS) is 18.8. The molecule has 2 aliphatic rings. The highest BCUT2D eigenvalue weighted by molar-refractivity contribution is 7.89. The molecule has 9 nitrogen and oxygen atoms in total. The minimum Gasteiger partial charge on any atom is -0.474 e. The quantitative estimate of drug-likeness (QED) is 0.705. The number of piperazine rings is 1. The Morgan fingerprint density at radius 1 is 1.27 bits per heavy atom. The third kappa shape index (κ3) is 3.69. The highest BCUT2D eigenvalue weighted by atomic mass is 32.2. The average molecular weight is 389 g/mol. The highest BCUT2D eigenvalue weighted by Gasteiger charge is 2.30. The maximum atomic E-state index is 14.0. The molecule has 0 radical (unpaired) electrons. The summed E-state index contributed by atoms with van der Waals surface area (Å²) >= 11 is 0. The average Bonchev–Trinajstić information content (AvgIpc) is 3.18. The number of halogens is 1. The summed E-state index contributed by atoms with van der Waals surface area (Å²) in [5.74, 6) is -1.29. The van der Waals surface area contributed by atoms with E-state index in [1.54, 1.807) is 13.8 Å². The van der Waals surface area contributed by atoms with Gasteiger partial charge < -0.3 is 10.1 Å². The number of carbonyl (C=O) groups is 1. The summed E-state index contributed by atoms with van der Waals surface area (Å²) in [7, 11) is -3.22. The van der Waals surface area contributed by atoms with Gasteiger partial charge in [-0.25, -0.2) is 13.1 Å². The maximum Gasteiger partial charge on any atom is 0.275 e. The van der Waals surface area contributed by atoms with Gasteiger partial charge in [0.25, 0.3) is 5.91 Å². The van der Waals surface area contributed by atoms with Crippen LogP contribution in [0.25, 0.3) is 0 Å². The van der Waals surface area contributed by atoms with Crippen LogP contribution >= 0.6 is 0 Å². The fourth-order valence-electron chi connectivity index (χ4n) is 3.00. The van der Waals surface area contributed by atoms with E-state index in [0.717, 1.165) is 0 Å². The molecule has 2 aliphatic heterocycles. The molecule has 3 heterocycles. The zero-order valence-corrected chi connectivity index (χ0v) is 15.8. The first-order valence-electron chi connectivity index (χ1n) is 8.69. The number of aromatic nitrogens is 2. The van der Waals surface area contributed by atoms with E-state index in [9.17, 15) is 17.6 Å². The van der Waals surface area contributed by atoms with Crippen molar-refractivity contribution < 1.29 is 22.3 Å². The molecule has 0 bridgehead atoms. The van der Waals surface area contributed by atoms with Gasteiger partial charge >= 0.3 is 0 Å². The van der Waals surface area contributed by atoms with E-state index in [1.807, 2.05) is 0 Å². The van der Waals surface area contributed by atoms with Gasteiger partial charge in [0.2, 0.25) is 21.7 Å². The van der Waals surface area contributed by atoms with Gasteiger partial charge in [-0.3, -0.25) is 9.69 Å². The van der Waals surface area contributed by atoms with Crippen molar-refractivity contribution in [2.24, 2.45) is 0 Å². The standard InChI is InChI=1S/C15H24FN5O4S/c1-11(2)26(23,24)20-7-5-19(6-8-20)4-3-17-14(22)13-12(16)15-21(18-13)9-10-25-15/h11H,3-10H2,1-2H3,(H,17,22). The summed E-state index contributed by atoms with van der Waals surface area (Å²) in [4.78, 5) is 14.2. The number of nitrogens with zero attached hydrogens (tertiary/aromatic N) is 4. The molecule has 0 atom stereocenters. The fourth-order valence-corrected chi connectivity index (χ4v) is 4.27. The van der Waals surface area contributed by atoms with E-state index in [1.165, 1.54) is 8.99 Å². The summed E-state index contributed by atoms with van der Waals surface area (Å²) in [6, 6.07) is 0. The lowest BCUT2D eigenvalue weighted by Crippen LogP contribution is -2.51. The second kappa shape index (κ2) is 7.49.